The summed E-state index contributed by atoms with van der Waals surface area (Å²) in [5.74, 6) is 0.434. The van der Waals surface area contributed by atoms with Crippen LogP contribution in [0.4, 0.5) is 5.69 Å². The highest BCUT2D eigenvalue weighted by Gasteiger charge is 2.49. The van der Waals surface area contributed by atoms with Crippen LogP contribution >= 0.6 is 0 Å². The molecule has 1 saturated carbocycles. The summed E-state index contributed by atoms with van der Waals surface area (Å²) < 4.78 is 0. The number of hydrogen-bond acceptors (Lipinski definition) is 4. The van der Waals surface area contributed by atoms with Gasteiger partial charge in [-0.05, 0) is 25.0 Å². The largest absolute Gasteiger partial charge is 0.325 e. The van der Waals surface area contributed by atoms with Crippen LogP contribution in [0.5, 0.6) is 0 Å². The molecule has 1 aliphatic rings. The summed E-state index contributed by atoms with van der Waals surface area (Å²) in [6.07, 6.45) is 2.55. The van der Waals surface area contributed by atoms with Crippen LogP contribution in [0.2, 0.25) is 0 Å². The maximum atomic E-state index is 12.4. The standard InChI is InChI=1S/C12H13N5O/c18-11(13-9-5-2-1-3-6-9)12(7-4-8-12)10-14-16-17-15-10/h1-3,5-6H,4,7-8H2,(H,13,18)(H,14,15,16,17). The smallest absolute Gasteiger partial charge is 0.238 e. The van der Waals surface area contributed by atoms with Gasteiger partial charge in [0.2, 0.25) is 5.91 Å². The van der Waals surface area contributed by atoms with E-state index in [-0.39, 0.29) is 5.91 Å². The van der Waals surface area contributed by atoms with Gasteiger partial charge in [0, 0.05) is 5.69 Å². The second kappa shape index (κ2) is 4.21. The van der Waals surface area contributed by atoms with E-state index in [0.717, 1.165) is 24.9 Å². The second-order valence-corrected chi connectivity index (χ2v) is 4.49. The zero-order chi connectivity index (χ0) is 12.4. The van der Waals surface area contributed by atoms with Crippen LogP contribution in [0.25, 0.3) is 0 Å². The summed E-state index contributed by atoms with van der Waals surface area (Å²) in [5.41, 5.74) is 0.181. The van der Waals surface area contributed by atoms with Gasteiger partial charge in [0.1, 0.15) is 5.41 Å². The van der Waals surface area contributed by atoms with Crippen molar-refractivity contribution >= 4 is 11.6 Å². The third-order valence-corrected chi connectivity index (χ3v) is 3.45. The molecule has 18 heavy (non-hydrogen) atoms. The lowest BCUT2D eigenvalue weighted by molar-refractivity contribution is -0.124. The number of aromatic nitrogens is 4. The highest BCUT2D eigenvalue weighted by Crippen LogP contribution is 2.42. The van der Waals surface area contributed by atoms with Crippen LogP contribution in [0, 0.1) is 0 Å². The van der Waals surface area contributed by atoms with E-state index >= 15 is 0 Å². The fourth-order valence-electron chi connectivity index (χ4n) is 2.22. The Balaban J connectivity index is 1.83. The monoisotopic (exact) mass is 243 g/mol. The number of amides is 1. The molecule has 2 N–H and O–H groups in total. The number of tetrazole rings is 1. The van der Waals surface area contributed by atoms with E-state index < -0.39 is 5.41 Å². The average Bonchev–Trinajstić information content (AvgIpc) is 2.83. The van der Waals surface area contributed by atoms with Gasteiger partial charge in [-0.2, -0.15) is 5.21 Å². The van der Waals surface area contributed by atoms with Gasteiger partial charge in [-0.3, -0.25) is 4.79 Å². The number of benzene rings is 1. The molecule has 0 atom stereocenters. The van der Waals surface area contributed by atoms with Gasteiger partial charge in [0.05, 0.1) is 0 Å². The third kappa shape index (κ3) is 1.66. The van der Waals surface area contributed by atoms with Crippen LogP contribution < -0.4 is 5.32 Å². The number of aromatic amines is 1. The predicted octanol–water partition coefficient (Wildman–Crippen LogP) is 1.26. The minimum atomic E-state index is -0.608. The molecule has 1 fully saturated rings. The lowest BCUT2D eigenvalue weighted by Crippen LogP contribution is -2.46. The molecule has 92 valence electrons. The van der Waals surface area contributed by atoms with Crippen molar-refractivity contribution in [3.8, 4) is 0 Å². The van der Waals surface area contributed by atoms with Crippen LogP contribution in [0.1, 0.15) is 25.1 Å². The van der Waals surface area contributed by atoms with Crippen molar-refractivity contribution in [1.29, 1.82) is 0 Å². The van der Waals surface area contributed by atoms with Gasteiger partial charge in [0.25, 0.3) is 0 Å². The molecule has 1 amide bonds. The molecule has 0 radical (unpaired) electrons. The number of hydrogen-bond donors (Lipinski definition) is 2. The minimum absolute atomic E-state index is 0.0543. The molecule has 1 aromatic heterocycles. The number of para-hydroxylation sites is 1. The van der Waals surface area contributed by atoms with Crippen molar-refractivity contribution in [3.63, 3.8) is 0 Å². The number of anilines is 1. The van der Waals surface area contributed by atoms with Crippen molar-refractivity contribution < 1.29 is 4.79 Å². The molecule has 3 rings (SSSR count). The van der Waals surface area contributed by atoms with Crippen molar-refractivity contribution in [2.45, 2.75) is 24.7 Å². The highest BCUT2D eigenvalue weighted by atomic mass is 16.2. The van der Waals surface area contributed by atoms with Gasteiger partial charge < -0.3 is 5.32 Å². The Morgan fingerprint density at radius 3 is 2.61 bits per heavy atom. The maximum absolute atomic E-state index is 12.4. The van der Waals surface area contributed by atoms with Crippen LogP contribution in [-0.4, -0.2) is 26.5 Å². The number of carbonyl (C=O) groups excluding carboxylic acids is 1. The van der Waals surface area contributed by atoms with E-state index in [9.17, 15) is 4.79 Å². The van der Waals surface area contributed by atoms with E-state index in [4.69, 9.17) is 0 Å². The van der Waals surface area contributed by atoms with E-state index in [1.54, 1.807) is 0 Å². The first-order valence-electron chi connectivity index (χ1n) is 5.92. The molecule has 1 aliphatic carbocycles. The molecule has 6 heteroatoms. The summed E-state index contributed by atoms with van der Waals surface area (Å²) in [6.45, 7) is 0. The topological polar surface area (TPSA) is 83.6 Å². The Kier molecular flexibility index (Phi) is 2.55. The quantitative estimate of drug-likeness (QED) is 0.850. The van der Waals surface area contributed by atoms with Gasteiger partial charge in [-0.1, -0.05) is 29.8 Å². The molecular weight excluding hydrogens is 230 g/mol. The summed E-state index contributed by atoms with van der Waals surface area (Å²) >= 11 is 0. The van der Waals surface area contributed by atoms with E-state index in [0.29, 0.717) is 5.82 Å². The molecule has 0 unspecified atom stereocenters. The Morgan fingerprint density at radius 2 is 2.06 bits per heavy atom. The summed E-state index contributed by atoms with van der Waals surface area (Å²) in [7, 11) is 0. The SMILES string of the molecule is O=C(Nc1ccccc1)C1(c2nn[nH]n2)CCC1. The number of carbonyl (C=O) groups is 1. The van der Waals surface area contributed by atoms with Gasteiger partial charge in [-0.25, -0.2) is 0 Å². The molecule has 0 aliphatic heterocycles. The Labute approximate surface area is 104 Å². The molecule has 0 saturated heterocycles. The fourth-order valence-corrected chi connectivity index (χ4v) is 2.22. The van der Waals surface area contributed by atoms with E-state index in [2.05, 4.69) is 25.9 Å². The fraction of sp³-hybridized carbons (Fsp3) is 0.333. The van der Waals surface area contributed by atoms with Crippen molar-refractivity contribution in [2.24, 2.45) is 0 Å². The molecular formula is C12H13N5O. The number of nitrogens with zero attached hydrogens (tertiary/aromatic N) is 3. The molecule has 0 bridgehead atoms. The first-order chi connectivity index (χ1) is 8.81. The van der Waals surface area contributed by atoms with E-state index in [1.807, 2.05) is 30.3 Å². The summed E-state index contributed by atoms with van der Waals surface area (Å²) in [6, 6.07) is 9.41. The molecule has 1 heterocycles. The lowest BCUT2D eigenvalue weighted by Gasteiger charge is -2.37. The number of H-pyrrole nitrogens is 1. The summed E-state index contributed by atoms with van der Waals surface area (Å²) in [5, 5.41) is 16.8. The molecule has 1 aromatic carbocycles. The first-order valence-corrected chi connectivity index (χ1v) is 5.92. The molecule has 2 aromatic rings. The van der Waals surface area contributed by atoms with Crippen molar-refractivity contribution in [2.75, 3.05) is 5.32 Å². The lowest BCUT2D eigenvalue weighted by atomic mass is 9.67. The Bertz CT molecular complexity index is 533. The van der Waals surface area contributed by atoms with Gasteiger partial charge >= 0.3 is 0 Å². The maximum Gasteiger partial charge on any atom is 0.238 e. The predicted molar refractivity (Wildman–Crippen MR) is 64.8 cm³/mol. The molecule has 6 nitrogen and oxygen atoms in total. The van der Waals surface area contributed by atoms with Crippen LogP contribution in [0.15, 0.2) is 30.3 Å². The van der Waals surface area contributed by atoms with Crippen molar-refractivity contribution in [3.05, 3.63) is 36.2 Å². The van der Waals surface area contributed by atoms with E-state index in [1.165, 1.54) is 0 Å². The number of nitrogens with one attached hydrogen (secondary N) is 2. The highest BCUT2D eigenvalue weighted by molar-refractivity contribution is 5.99. The van der Waals surface area contributed by atoms with Crippen LogP contribution in [0.3, 0.4) is 0 Å². The third-order valence-electron chi connectivity index (χ3n) is 3.45. The van der Waals surface area contributed by atoms with Gasteiger partial charge in [-0.15, -0.1) is 10.2 Å². The summed E-state index contributed by atoms with van der Waals surface area (Å²) in [4.78, 5) is 12.4. The second-order valence-electron chi connectivity index (χ2n) is 4.49. The van der Waals surface area contributed by atoms with Crippen LogP contribution in [-0.2, 0) is 10.2 Å². The molecule has 0 spiro atoms. The van der Waals surface area contributed by atoms with Crippen molar-refractivity contribution in [1.82, 2.24) is 20.6 Å². The van der Waals surface area contributed by atoms with Gasteiger partial charge in [0.15, 0.2) is 5.82 Å². The number of rotatable bonds is 3. The zero-order valence-corrected chi connectivity index (χ0v) is 9.76. The first kappa shape index (κ1) is 10.9. The average molecular weight is 243 g/mol. The Hall–Kier alpha value is -2.24. The normalized spacial score (nSPS) is 16.9. The Morgan fingerprint density at radius 1 is 1.28 bits per heavy atom. The minimum Gasteiger partial charge on any atom is -0.325 e. The zero-order valence-electron chi connectivity index (χ0n) is 9.76.